The van der Waals surface area contributed by atoms with Crippen molar-refractivity contribution >= 4 is 11.6 Å². The molecule has 2 aliphatic carbocycles. The highest BCUT2D eigenvalue weighted by atomic mass is 16.7. The van der Waals surface area contributed by atoms with Crippen molar-refractivity contribution in [1.82, 2.24) is 4.90 Å². The predicted octanol–water partition coefficient (Wildman–Crippen LogP) is 9.03. The van der Waals surface area contributed by atoms with Gasteiger partial charge in [-0.2, -0.15) is 0 Å². The molecule has 3 aromatic carbocycles. The number of rotatable bonds is 16. The van der Waals surface area contributed by atoms with E-state index in [0.29, 0.717) is 41.4 Å². The molecule has 1 saturated carbocycles. The number of aryl methyl sites for hydroxylation is 2. The molecule has 0 spiro atoms. The molecule has 316 valence electrons. The number of carbonyl (C=O) groups excluding carboxylic acids is 1. The van der Waals surface area contributed by atoms with E-state index in [1.54, 1.807) is 36.2 Å². The molecule has 6 atom stereocenters. The van der Waals surface area contributed by atoms with Crippen LogP contribution in [0.4, 0.5) is 0 Å². The van der Waals surface area contributed by atoms with Gasteiger partial charge in [0.05, 0.1) is 18.2 Å². The molecule has 2 N–H and O–H groups in total. The van der Waals surface area contributed by atoms with Crippen LogP contribution in [0.1, 0.15) is 98.7 Å². The van der Waals surface area contributed by atoms with Gasteiger partial charge >= 0.3 is 0 Å². The Morgan fingerprint density at radius 2 is 1.64 bits per heavy atom. The zero-order valence-electron chi connectivity index (χ0n) is 35.4. The van der Waals surface area contributed by atoms with Crippen molar-refractivity contribution in [3.05, 3.63) is 101 Å². The molecule has 0 saturated heterocycles. The first-order chi connectivity index (χ1) is 28.4. The second kappa shape index (κ2) is 17.8. The Bertz CT molecular complexity index is 2070. The van der Waals surface area contributed by atoms with Crippen LogP contribution in [0.15, 0.2) is 84.1 Å². The van der Waals surface area contributed by atoms with Crippen LogP contribution in [-0.4, -0.2) is 77.8 Å². The summed E-state index contributed by atoms with van der Waals surface area (Å²) in [6, 6.07) is 16.7. The first-order valence-electron chi connectivity index (χ1n) is 21.1. The zero-order valence-corrected chi connectivity index (χ0v) is 35.4. The summed E-state index contributed by atoms with van der Waals surface area (Å²) in [7, 11) is 1.79. The number of aliphatic hydroxyl groups excluding tert-OH is 2. The van der Waals surface area contributed by atoms with Crippen molar-refractivity contribution in [3.8, 4) is 28.7 Å². The van der Waals surface area contributed by atoms with Gasteiger partial charge in [0.15, 0.2) is 11.5 Å². The Balaban J connectivity index is 1.43. The highest BCUT2D eigenvalue weighted by molar-refractivity contribution is 6.03. The fourth-order valence-electron chi connectivity index (χ4n) is 9.27. The molecule has 3 aromatic rings. The summed E-state index contributed by atoms with van der Waals surface area (Å²) >= 11 is 0. The minimum atomic E-state index is -1.37. The fraction of sp³-hybridized carbons (Fsp3) is 0.500. The Morgan fingerprint density at radius 3 is 2.37 bits per heavy atom. The molecular weight excluding hydrogens is 749 g/mol. The number of hydrogen-bond donors (Lipinski definition) is 2. The van der Waals surface area contributed by atoms with Crippen LogP contribution in [0.25, 0.3) is 0 Å². The van der Waals surface area contributed by atoms with E-state index < -0.39 is 23.3 Å². The number of likely N-dealkylation sites (N-methyl/N-ethyl adjacent to an activating group) is 1. The Labute approximate surface area is 348 Å². The molecule has 7 rings (SSSR count). The maximum atomic E-state index is 14.7. The van der Waals surface area contributed by atoms with E-state index in [9.17, 15) is 15.0 Å². The summed E-state index contributed by atoms with van der Waals surface area (Å²) in [5.74, 6) is 1.16. The summed E-state index contributed by atoms with van der Waals surface area (Å²) in [4.78, 5) is 22.6. The number of ether oxygens (including phenoxy) is 5. The van der Waals surface area contributed by atoms with Crippen molar-refractivity contribution in [2.24, 2.45) is 22.9 Å². The van der Waals surface area contributed by atoms with Gasteiger partial charge in [0.1, 0.15) is 28.9 Å². The van der Waals surface area contributed by atoms with Crippen LogP contribution in [0, 0.1) is 31.6 Å². The average Bonchev–Trinajstić information content (AvgIpc) is 3.69. The maximum Gasteiger partial charge on any atom is 0.254 e. The Kier molecular flexibility index (Phi) is 12.8. The highest BCUT2D eigenvalue weighted by Gasteiger charge is 2.65. The third-order valence-corrected chi connectivity index (χ3v) is 12.2. The lowest BCUT2D eigenvalue weighted by Gasteiger charge is -2.59. The first kappa shape index (κ1) is 42.3. The molecule has 0 aromatic heterocycles. The van der Waals surface area contributed by atoms with Crippen LogP contribution in [0.2, 0.25) is 0 Å². The van der Waals surface area contributed by atoms with Crippen LogP contribution >= 0.6 is 0 Å². The molecule has 11 heteroatoms. The predicted molar refractivity (Wildman–Crippen MR) is 226 cm³/mol. The standard InChI is InChI=1S/C48H60N2O9/c1-8-23-56-48-43(50(7)46(53)33-16-19-41-42(26-33)55-29-54-41)28-39(49-59-47(4,5)6)37-25-32(13-9-11-21-51)36(14-10-12-22-52)44(45(37)48)38-27-35(18-20-40(38)58-48)57-34-17-15-30(2)31(3)24-34/h8,15-20,24-27,32,36,43-45,51-52H,1,9-14,21-23,28-29H2,2-7H3/t32-,36+,43-,44+,45+,48+/m0/s1. The van der Waals surface area contributed by atoms with Gasteiger partial charge in [-0.05, 0) is 137 Å². The van der Waals surface area contributed by atoms with E-state index in [4.69, 9.17) is 33.7 Å². The fourth-order valence-corrected chi connectivity index (χ4v) is 9.27. The minimum absolute atomic E-state index is 0.0821. The van der Waals surface area contributed by atoms with Gasteiger partial charge in [-0.15, -0.1) is 6.58 Å². The van der Waals surface area contributed by atoms with Crippen molar-refractivity contribution in [2.45, 2.75) is 103 Å². The topological polar surface area (TPSA) is 129 Å². The molecular formula is C48H60N2O9. The normalized spacial score (nSPS) is 24.7. The SMILES string of the molecule is C=CCO[C@@]12Oc3ccc(Oc4ccc(C)c(C)c4)cc3[C@H]3[C@H](CCCCO)[C@@H](CCCCO)C=C(C(=NOC(C)(C)C)C[C@@H]1N(C)C(=O)c1ccc4c(c1)OCO4)[C@H]32. The lowest BCUT2D eigenvalue weighted by Crippen LogP contribution is -2.69. The number of fused-ring (bicyclic) bond motifs is 3. The molecule has 0 unspecified atom stereocenters. The van der Waals surface area contributed by atoms with Gasteiger partial charge in [-0.25, -0.2) is 0 Å². The number of nitrogens with zero attached hydrogens (tertiary/aromatic N) is 2. The molecule has 11 nitrogen and oxygen atoms in total. The number of hydrogen-bond acceptors (Lipinski definition) is 10. The third kappa shape index (κ3) is 8.74. The lowest BCUT2D eigenvalue weighted by atomic mass is 9.55. The second-order valence-electron chi connectivity index (χ2n) is 17.3. The van der Waals surface area contributed by atoms with Gasteiger partial charge < -0.3 is 43.6 Å². The molecule has 1 fully saturated rings. The third-order valence-electron chi connectivity index (χ3n) is 12.2. The van der Waals surface area contributed by atoms with E-state index in [-0.39, 0.29) is 56.7 Å². The maximum absolute atomic E-state index is 14.7. The van der Waals surface area contributed by atoms with E-state index in [0.717, 1.165) is 53.8 Å². The van der Waals surface area contributed by atoms with Crippen LogP contribution in [0.3, 0.4) is 0 Å². The number of benzene rings is 3. The summed E-state index contributed by atoms with van der Waals surface area (Å²) < 4.78 is 32.1. The average molecular weight is 809 g/mol. The molecule has 4 aliphatic rings. The number of unbranched alkanes of at least 4 members (excludes halogenated alkanes) is 2. The zero-order chi connectivity index (χ0) is 41.9. The van der Waals surface area contributed by atoms with Crippen LogP contribution in [0.5, 0.6) is 28.7 Å². The highest BCUT2D eigenvalue weighted by Crippen LogP contribution is 2.62. The van der Waals surface area contributed by atoms with Crippen molar-refractivity contribution in [3.63, 3.8) is 0 Å². The summed E-state index contributed by atoms with van der Waals surface area (Å²) in [5, 5.41) is 24.7. The lowest BCUT2D eigenvalue weighted by molar-refractivity contribution is -0.252. The van der Waals surface area contributed by atoms with Crippen molar-refractivity contribution < 1.29 is 43.5 Å². The van der Waals surface area contributed by atoms with Crippen LogP contribution in [-0.2, 0) is 9.57 Å². The van der Waals surface area contributed by atoms with E-state index >= 15 is 0 Å². The first-order valence-corrected chi connectivity index (χ1v) is 21.1. The molecule has 1 amide bonds. The van der Waals surface area contributed by atoms with Crippen LogP contribution < -0.4 is 18.9 Å². The van der Waals surface area contributed by atoms with Gasteiger partial charge in [-0.3, -0.25) is 4.79 Å². The summed E-state index contributed by atoms with van der Waals surface area (Å²) in [6.07, 6.45) is 9.06. The number of aliphatic hydroxyl groups is 2. The Morgan fingerprint density at radius 1 is 0.932 bits per heavy atom. The van der Waals surface area contributed by atoms with Gasteiger partial charge in [0, 0.05) is 43.7 Å². The number of carbonyl (C=O) groups is 1. The smallest absolute Gasteiger partial charge is 0.254 e. The molecule has 0 radical (unpaired) electrons. The van der Waals surface area contributed by atoms with Gasteiger partial charge in [-0.1, -0.05) is 36.2 Å². The van der Waals surface area contributed by atoms with Crippen molar-refractivity contribution in [2.75, 3.05) is 33.7 Å². The largest absolute Gasteiger partial charge is 0.459 e. The molecule has 0 bridgehead atoms. The second-order valence-corrected chi connectivity index (χ2v) is 17.3. The molecule has 2 aliphatic heterocycles. The number of amides is 1. The van der Waals surface area contributed by atoms with Gasteiger partial charge in [0.2, 0.25) is 12.6 Å². The summed E-state index contributed by atoms with van der Waals surface area (Å²) in [5.41, 5.74) is 4.89. The number of allylic oxidation sites excluding steroid dienone is 1. The number of oxime groups is 1. The Hall–Kier alpha value is -4.84. The van der Waals surface area contributed by atoms with Gasteiger partial charge in [0.25, 0.3) is 5.91 Å². The van der Waals surface area contributed by atoms with E-state index in [1.165, 1.54) is 5.56 Å². The molecule has 2 heterocycles. The minimum Gasteiger partial charge on any atom is -0.459 e. The monoisotopic (exact) mass is 808 g/mol. The molecule has 59 heavy (non-hydrogen) atoms. The summed E-state index contributed by atoms with van der Waals surface area (Å²) in [6.45, 7) is 14.6. The van der Waals surface area contributed by atoms with E-state index in [1.807, 2.05) is 45.0 Å². The quantitative estimate of drug-likeness (QED) is 0.0828. The van der Waals surface area contributed by atoms with Crippen molar-refractivity contribution in [1.29, 1.82) is 0 Å². The van der Waals surface area contributed by atoms with E-state index in [2.05, 4.69) is 38.6 Å².